The molecule has 2 aromatic heterocycles. The fourth-order valence-corrected chi connectivity index (χ4v) is 4.43. The average molecular weight is 535 g/mol. The average Bonchev–Trinajstić information content (AvgIpc) is 3.58. The molecule has 10 nitrogen and oxygen atoms in total. The van der Waals surface area contributed by atoms with Crippen molar-refractivity contribution in [2.24, 2.45) is 10.7 Å². The predicted molar refractivity (Wildman–Crippen MR) is 156 cm³/mol. The first-order chi connectivity index (χ1) is 18.2. The van der Waals surface area contributed by atoms with E-state index in [4.69, 9.17) is 5.73 Å². The van der Waals surface area contributed by atoms with E-state index in [2.05, 4.69) is 31.4 Å². The van der Waals surface area contributed by atoms with Gasteiger partial charge in [0.05, 0.1) is 23.3 Å². The second kappa shape index (κ2) is 12.7. The van der Waals surface area contributed by atoms with E-state index in [0.29, 0.717) is 22.1 Å². The number of benzene rings is 1. The van der Waals surface area contributed by atoms with Crippen LogP contribution >= 0.6 is 11.3 Å². The molecule has 0 aliphatic heterocycles. The van der Waals surface area contributed by atoms with E-state index in [-0.39, 0.29) is 18.4 Å². The topological polar surface area (TPSA) is 138 Å². The van der Waals surface area contributed by atoms with Crippen molar-refractivity contribution in [3.8, 4) is 11.3 Å². The number of nitrogens with one attached hydrogen (secondary N) is 4. The number of likely N-dealkylation sites (N-methyl/N-ethyl adjacent to an activating group) is 1. The number of amides is 2. The van der Waals surface area contributed by atoms with Gasteiger partial charge in [-0.1, -0.05) is 24.3 Å². The van der Waals surface area contributed by atoms with Crippen LogP contribution in [0.5, 0.6) is 0 Å². The van der Waals surface area contributed by atoms with Crippen LogP contribution in [0.3, 0.4) is 0 Å². The summed E-state index contributed by atoms with van der Waals surface area (Å²) in [4.78, 5) is 33.7. The van der Waals surface area contributed by atoms with Crippen molar-refractivity contribution < 1.29 is 9.59 Å². The van der Waals surface area contributed by atoms with E-state index in [9.17, 15) is 9.59 Å². The molecule has 3 rings (SSSR count). The lowest BCUT2D eigenvalue weighted by molar-refractivity contribution is -0.115. The number of aromatic nitrogens is 2. The summed E-state index contributed by atoms with van der Waals surface area (Å²) < 4.78 is 1.64. The Morgan fingerprint density at radius 1 is 1.21 bits per heavy atom. The molecule has 2 amide bonds. The Bertz CT molecular complexity index is 1370. The van der Waals surface area contributed by atoms with E-state index >= 15 is 0 Å². The summed E-state index contributed by atoms with van der Waals surface area (Å²) >= 11 is 1.30. The van der Waals surface area contributed by atoms with Crippen molar-refractivity contribution in [2.45, 2.75) is 26.3 Å². The molecule has 0 bridgehead atoms. The number of rotatable bonds is 11. The Hall–Kier alpha value is -4.38. The molecule has 11 heteroatoms. The lowest BCUT2D eigenvalue weighted by atomic mass is 10.0. The molecule has 0 aliphatic rings. The quantitative estimate of drug-likeness (QED) is 0.239. The summed E-state index contributed by atoms with van der Waals surface area (Å²) in [6, 6.07) is 9.34. The maximum atomic E-state index is 12.3. The van der Waals surface area contributed by atoms with Gasteiger partial charge in [-0.25, -0.2) is 4.98 Å². The SMILES string of the molecule is C/C=C(\NC)C(C)(C)N=C/C=C(\N)c1cccc(-c2csc(NC(=O)CNC(=O)c3ccn(NC)c3)n2)c1. The van der Waals surface area contributed by atoms with Gasteiger partial charge in [-0.05, 0) is 44.5 Å². The van der Waals surface area contributed by atoms with Crippen molar-refractivity contribution in [3.63, 3.8) is 0 Å². The van der Waals surface area contributed by atoms with Gasteiger partial charge in [0.1, 0.15) is 0 Å². The molecule has 0 unspecified atom stereocenters. The van der Waals surface area contributed by atoms with Gasteiger partial charge in [-0.3, -0.25) is 19.3 Å². The molecule has 2 heterocycles. The molecule has 0 aliphatic carbocycles. The summed E-state index contributed by atoms with van der Waals surface area (Å²) in [5.41, 5.74) is 13.2. The van der Waals surface area contributed by atoms with Gasteiger partial charge < -0.3 is 27.1 Å². The van der Waals surface area contributed by atoms with E-state index in [1.54, 1.807) is 42.5 Å². The van der Waals surface area contributed by atoms with Crippen LogP contribution < -0.4 is 27.1 Å². The summed E-state index contributed by atoms with van der Waals surface area (Å²) in [7, 11) is 3.61. The number of allylic oxidation sites excluding steroid dienone is 2. The molecular formula is C27H34N8O2S. The minimum Gasteiger partial charge on any atom is -0.398 e. The van der Waals surface area contributed by atoms with Gasteiger partial charge in [0.25, 0.3) is 5.91 Å². The molecule has 0 spiro atoms. The third-order valence-corrected chi connectivity index (χ3v) is 6.49. The van der Waals surface area contributed by atoms with Gasteiger partial charge in [0.2, 0.25) is 5.91 Å². The lowest BCUT2D eigenvalue weighted by Crippen LogP contribution is -2.32. The van der Waals surface area contributed by atoms with Gasteiger partial charge >= 0.3 is 0 Å². The molecule has 3 aromatic rings. The molecule has 0 atom stereocenters. The number of hydrogen-bond donors (Lipinski definition) is 5. The molecule has 0 radical (unpaired) electrons. The molecule has 0 saturated carbocycles. The van der Waals surface area contributed by atoms with Crippen molar-refractivity contribution >= 4 is 40.2 Å². The highest BCUT2D eigenvalue weighted by Gasteiger charge is 2.19. The Kier molecular flexibility index (Phi) is 9.44. The van der Waals surface area contributed by atoms with Gasteiger partial charge in [-0.2, -0.15) is 0 Å². The Labute approximate surface area is 226 Å². The van der Waals surface area contributed by atoms with Crippen LogP contribution in [0.25, 0.3) is 17.0 Å². The number of carbonyl (C=O) groups is 2. The zero-order valence-electron chi connectivity index (χ0n) is 22.2. The van der Waals surface area contributed by atoms with Crippen molar-refractivity contribution in [3.05, 3.63) is 77.1 Å². The molecule has 0 fully saturated rings. The first-order valence-corrected chi connectivity index (χ1v) is 12.9. The monoisotopic (exact) mass is 534 g/mol. The number of thiazole rings is 1. The van der Waals surface area contributed by atoms with E-state index in [1.807, 2.05) is 63.5 Å². The lowest BCUT2D eigenvalue weighted by Gasteiger charge is -2.23. The first kappa shape index (κ1) is 28.2. The maximum Gasteiger partial charge on any atom is 0.253 e. The van der Waals surface area contributed by atoms with Crippen molar-refractivity contribution in [1.29, 1.82) is 0 Å². The maximum absolute atomic E-state index is 12.3. The zero-order chi connectivity index (χ0) is 27.7. The van der Waals surface area contributed by atoms with Crippen LogP contribution in [-0.2, 0) is 4.79 Å². The van der Waals surface area contributed by atoms with Crippen LogP contribution in [-0.4, -0.2) is 53.9 Å². The molecule has 200 valence electrons. The Balaban J connectivity index is 1.61. The largest absolute Gasteiger partial charge is 0.398 e. The summed E-state index contributed by atoms with van der Waals surface area (Å²) in [6.07, 6.45) is 8.84. The second-order valence-electron chi connectivity index (χ2n) is 8.79. The van der Waals surface area contributed by atoms with Crippen LogP contribution in [0.4, 0.5) is 5.13 Å². The van der Waals surface area contributed by atoms with E-state index in [1.165, 1.54) is 11.3 Å². The number of carbonyl (C=O) groups excluding carboxylic acids is 2. The highest BCUT2D eigenvalue weighted by atomic mass is 32.1. The fraction of sp³-hybridized carbons (Fsp3) is 0.259. The molecule has 1 aromatic carbocycles. The smallest absolute Gasteiger partial charge is 0.253 e. The van der Waals surface area contributed by atoms with Crippen LogP contribution in [0.2, 0.25) is 0 Å². The van der Waals surface area contributed by atoms with Gasteiger partial charge in [-0.15, -0.1) is 11.3 Å². The first-order valence-electron chi connectivity index (χ1n) is 12.0. The minimum absolute atomic E-state index is 0.169. The van der Waals surface area contributed by atoms with Crippen LogP contribution in [0.1, 0.15) is 36.7 Å². The number of aliphatic imine (C=N–C) groups is 1. The summed E-state index contributed by atoms with van der Waals surface area (Å²) in [5, 5.41) is 10.8. The second-order valence-corrected chi connectivity index (χ2v) is 9.65. The zero-order valence-corrected chi connectivity index (χ0v) is 23.0. The molecule has 6 N–H and O–H groups in total. The Morgan fingerprint density at radius 3 is 2.68 bits per heavy atom. The number of anilines is 1. The van der Waals surface area contributed by atoms with Gasteiger partial charge in [0.15, 0.2) is 5.13 Å². The third-order valence-electron chi connectivity index (χ3n) is 5.73. The number of nitrogens with zero attached hydrogens (tertiary/aromatic N) is 3. The summed E-state index contributed by atoms with van der Waals surface area (Å²) in [6.45, 7) is 5.85. The standard InChI is InChI=1S/C27H34N8O2S/c1-6-23(29-4)27(2,3)32-12-10-21(28)18-8-7-9-19(14-18)22-17-38-26(33-22)34-24(36)15-31-25(37)20-11-13-35(16-20)30-5/h6-14,16-17,29-30H,15,28H2,1-5H3,(H,31,37)(H,33,34,36)/b21-10-,23-6-,32-12?. The predicted octanol–water partition coefficient (Wildman–Crippen LogP) is 3.43. The minimum atomic E-state index is -0.398. The third kappa shape index (κ3) is 7.32. The van der Waals surface area contributed by atoms with Crippen LogP contribution in [0.15, 0.2) is 70.9 Å². The number of hydrogen-bond acceptors (Lipinski definition) is 8. The Morgan fingerprint density at radius 2 is 2.00 bits per heavy atom. The van der Waals surface area contributed by atoms with E-state index < -0.39 is 5.54 Å². The van der Waals surface area contributed by atoms with Crippen LogP contribution in [0, 0.1) is 0 Å². The normalized spacial score (nSPS) is 12.4. The number of nitrogens with two attached hydrogens (primary N) is 1. The fourth-order valence-electron chi connectivity index (χ4n) is 3.69. The van der Waals surface area contributed by atoms with Crippen molar-refractivity contribution in [1.82, 2.24) is 20.3 Å². The highest BCUT2D eigenvalue weighted by molar-refractivity contribution is 7.14. The molecule has 38 heavy (non-hydrogen) atoms. The summed E-state index contributed by atoms with van der Waals surface area (Å²) in [5.74, 6) is -0.705. The van der Waals surface area contributed by atoms with E-state index in [0.717, 1.165) is 16.8 Å². The highest BCUT2D eigenvalue weighted by Crippen LogP contribution is 2.26. The molecular weight excluding hydrogens is 500 g/mol. The molecule has 0 saturated heterocycles. The van der Waals surface area contributed by atoms with Gasteiger partial charge in [0, 0.05) is 55.0 Å². The van der Waals surface area contributed by atoms with Crippen molar-refractivity contribution in [2.75, 3.05) is 31.4 Å².